The molecule has 5 nitrogen and oxygen atoms in total. The molecule has 0 aliphatic heterocycles. The van der Waals surface area contributed by atoms with Gasteiger partial charge in [0.15, 0.2) is 0 Å². The highest BCUT2D eigenvalue weighted by atomic mass is 32.2. The molecule has 168 valence electrons. The minimum atomic E-state index is -3.85. The number of halogens is 1. The maximum atomic E-state index is 13.6. The van der Waals surface area contributed by atoms with Crippen LogP contribution in [0.25, 0.3) is 0 Å². The van der Waals surface area contributed by atoms with Crippen LogP contribution >= 0.6 is 0 Å². The quantitative estimate of drug-likeness (QED) is 0.448. The lowest BCUT2D eigenvalue weighted by molar-refractivity contribution is 0.0526. The third-order valence-corrected chi connectivity index (χ3v) is 6.99. The summed E-state index contributed by atoms with van der Waals surface area (Å²) >= 11 is 0. The topological polar surface area (TPSA) is 63.7 Å². The molecule has 3 aromatic carbocycles. The first-order chi connectivity index (χ1) is 15.2. The lowest BCUT2D eigenvalue weighted by atomic mass is 10.1. The van der Waals surface area contributed by atoms with Crippen LogP contribution in [0.15, 0.2) is 71.6 Å². The molecule has 0 saturated heterocycles. The maximum Gasteiger partial charge on any atom is 0.338 e. The van der Waals surface area contributed by atoms with Gasteiger partial charge >= 0.3 is 5.97 Å². The normalized spacial score (nSPS) is 11.5. The molecule has 32 heavy (non-hydrogen) atoms. The number of carbonyl (C=O) groups excluding carboxylic acids is 1. The van der Waals surface area contributed by atoms with Crippen LogP contribution in [0.3, 0.4) is 0 Å². The molecular weight excluding hydrogens is 429 g/mol. The van der Waals surface area contributed by atoms with Crippen LogP contribution in [0, 0.1) is 19.7 Å². The van der Waals surface area contributed by atoms with Gasteiger partial charge in [0.05, 0.1) is 17.1 Å². The molecule has 0 spiro atoms. The van der Waals surface area contributed by atoms with E-state index in [0.29, 0.717) is 22.3 Å². The molecule has 0 unspecified atom stereocenters. The summed E-state index contributed by atoms with van der Waals surface area (Å²) in [7, 11) is -3.85. The Morgan fingerprint density at radius 2 is 1.47 bits per heavy atom. The molecule has 0 bridgehead atoms. The van der Waals surface area contributed by atoms with E-state index in [-0.39, 0.29) is 30.4 Å². The number of nitrogens with zero attached hydrogens (tertiary/aromatic N) is 1. The van der Waals surface area contributed by atoms with Crippen LogP contribution in [0.2, 0.25) is 0 Å². The van der Waals surface area contributed by atoms with Crippen molar-refractivity contribution in [1.29, 1.82) is 0 Å². The number of hydrogen-bond acceptors (Lipinski definition) is 4. The van der Waals surface area contributed by atoms with Crippen LogP contribution in [0.5, 0.6) is 0 Å². The van der Waals surface area contributed by atoms with E-state index in [1.165, 1.54) is 16.4 Å². The summed E-state index contributed by atoms with van der Waals surface area (Å²) in [4.78, 5) is 12.1. The largest absolute Gasteiger partial charge is 0.462 e. The zero-order valence-corrected chi connectivity index (χ0v) is 19.2. The van der Waals surface area contributed by atoms with E-state index < -0.39 is 16.0 Å². The number of ether oxygens (including phenoxy) is 1. The van der Waals surface area contributed by atoms with Crippen LogP contribution in [-0.4, -0.2) is 25.3 Å². The van der Waals surface area contributed by atoms with Crippen molar-refractivity contribution in [1.82, 2.24) is 4.31 Å². The van der Waals surface area contributed by atoms with Crippen molar-refractivity contribution < 1.29 is 22.3 Å². The van der Waals surface area contributed by atoms with E-state index in [1.807, 2.05) is 13.0 Å². The molecule has 0 radical (unpaired) electrons. The second kappa shape index (κ2) is 10.1. The summed E-state index contributed by atoms with van der Waals surface area (Å²) in [6.45, 7) is 5.79. The second-order valence-electron chi connectivity index (χ2n) is 7.59. The van der Waals surface area contributed by atoms with Gasteiger partial charge in [0.1, 0.15) is 5.82 Å². The smallest absolute Gasteiger partial charge is 0.338 e. The first-order valence-electron chi connectivity index (χ1n) is 10.3. The van der Waals surface area contributed by atoms with E-state index in [2.05, 4.69) is 0 Å². The minimum absolute atomic E-state index is 0.0790. The van der Waals surface area contributed by atoms with Crippen LogP contribution in [-0.2, 0) is 27.8 Å². The first-order valence-corrected chi connectivity index (χ1v) is 11.7. The van der Waals surface area contributed by atoms with Gasteiger partial charge < -0.3 is 4.74 Å². The summed E-state index contributed by atoms with van der Waals surface area (Å²) in [6.07, 6.45) is 0. The van der Waals surface area contributed by atoms with Gasteiger partial charge in [0.25, 0.3) is 0 Å². The molecule has 0 aliphatic rings. The number of rotatable bonds is 8. The van der Waals surface area contributed by atoms with Crippen LogP contribution < -0.4 is 0 Å². The van der Waals surface area contributed by atoms with Gasteiger partial charge in [-0.1, -0.05) is 36.4 Å². The van der Waals surface area contributed by atoms with E-state index in [4.69, 9.17) is 4.74 Å². The van der Waals surface area contributed by atoms with Crippen molar-refractivity contribution >= 4 is 16.0 Å². The monoisotopic (exact) mass is 455 g/mol. The predicted octanol–water partition coefficient (Wildman–Crippen LogP) is 5.01. The SMILES string of the molecule is CCOC(=O)c1ccc(CN(Cc2ccc(F)cc2)S(=O)(=O)c2cc(C)ccc2C)cc1. The van der Waals surface area contributed by atoms with Crippen LogP contribution in [0.4, 0.5) is 4.39 Å². The van der Waals surface area contributed by atoms with Gasteiger partial charge in [0, 0.05) is 13.1 Å². The molecule has 0 aromatic heterocycles. The summed E-state index contributed by atoms with van der Waals surface area (Å²) in [5, 5.41) is 0. The number of benzene rings is 3. The fourth-order valence-corrected chi connectivity index (χ4v) is 5.03. The summed E-state index contributed by atoms with van der Waals surface area (Å²) in [5.74, 6) is -0.808. The molecule has 0 amide bonds. The third kappa shape index (κ3) is 5.60. The average Bonchev–Trinajstić information content (AvgIpc) is 2.77. The molecule has 7 heteroatoms. The number of aryl methyl sites for hydroxylation is 2. The zero-order valence-electron chi connectivity index (χ0n) is 18.3. The fourth-order valence-electron chi connectivity index (χ4n) is 3.31. The van der Waals surface area contributed by atoms with Gasteiger partial charge in [-0.25, -0.2) is 17.6 Å². The Labute approximate surface area is 188 Å². The second-order valence-corrected chi connectivity index (χ2v) is 9.49. The molecule has 0 fully saturated rings. The van der Waals surface area contributed by atoms with E-state index >= 15 is 0 Å². The standard InChI is InChI=1S/C25H26FNO4S/c1-4-31-25(28)22-11-7-20(8-12-22)16-27(17-21-9-13-23(26)14-10-21)32(29,30)24-15-18(2)5-6-19(24)3/h5-15H,4,16-17H2,1-3H3. The third-order valence-electron chi connectivity index (χ3n) is 5.06. The molecule has 0 atom stereocenters. The molecule has 3 rings (SSSR count). The lowest BCUT2D eigenvalue weighted by Crippen LogP contribution is -2.31. The fraction of sp³-hybridized carbons (Fsp3) is 0.240. The average molecular weight is 456 g/mol. The number of esters is 1. The van der Waals surface area contributed by atoms with Gasteiger partial charge in [-0.15, -0.1) is 0 Å². The Morgan fingerprint density at radius 3 is 2.03 bits per heavy atom. The minimum Gasteiger partial charge on any atom is -0.462 e. The van der Waals surface area contributed by atoms with Crippen LogP contribution in [0.1, 0.15) is 39.5 Å². The first kappa shape index (κ1) is 23.6. The molecule has 0 aliphatic carbocycles. The Kier molecular flexibility index (Phi) is 7.43. The number of carbonyl (C=O) groups is 1. The van der Waals surface area contributed by atoms with Gasteiger partial charge in [-0.2, -0.15) is 4.31 Å². The van der Waals surface area contributed by atoms with E-state index in [0.717, 1.165) is 5.56 Å². The van der Waals surface area contributed by atoms with Crippen molar-refractivity contribution in [3.8, 4) is 0 Å². The molecule has 0 saturated carbocycles. The van der Waals surface area contributed by atoms with Gasteiger partial charge in [-0.3, -0.25) is 0 Å². The molecule has 3 aromatic rings. The van der Waals surface area contributed by atoms with Crippen molar-refractivity contribution in [3.63, 3.8) is 0 Å². The lowest BCUT2D eigenvalue weighted by Gasteiger charge is -2.24. The molecular formula is C25H26FNO4S. The highest BCUT2D eigenvalue weighted by Gasteiger charge is 2.27. The number of sulfonamides is 1. The van der Waals surface area contributed by atoms with Crippen molar-refractivity contribution in [2.45, 2.75) is 38.8 Å². The highest BCUT2D eigenvalue weighted by molar-refractivity contribution is 7.89. The van der Waals surface area contributed by atoms with Gasteiger partial charge in [0.2, 0.25) is 10.0 Å². The summed E-state index contributed by atoms with van der Waals surface area (Å²) in [6, 6.07) is 17.7. The molecule has 0 N–H and O–H groups in total. The highest BCUT2D eigenvalue weighted by Crippen LogP contribution is 2.25. The van der Waals surface area contributed by atoms with E-state index in [1.54, 1.807) is 62.4 Å². The number of hydrogen-bond donors (Lipinski definition) is 0. The Balaban J connectivity index is 1.96. The van der Waals surface area contributed by atoms with E-state index in [9.17, 15) is 17.6 Å². The van der Waals surface area contributed by atoms with Crippen molar-refractivity contribution in [3.05, 3.63) is 100 Å². The predicted molar refractivity (Wildman–Crippen MR) is 121 cm³/mol. The van der Waals surface area contributed by atoms with Crippen molar-refractivity contribution in [2.24, 2.45) is 0 Å². The Morgan fingerprint density at radius 1 is 0.906 bits per heavy atom. The Bertz CT molecular complexity index is 1190. The van der Waals surface area contributed by atoms with Crippen molar-refractivity contribution in [2.75, 3.05) is 6.61 Å². The van der Waals surface area contributed by atoms with Gasteiger partial charge in [-0.05, 0) is 73.4 Å². The maximum absolute atomic E-state index is 13.6. The Hall–Kier alpha value is -3.03. The molecule has 0 heterocycles. The zero-order chi connectivity index (χ0) is 23.3. The summed E-state index contributed by atoms with van der Waals surface area (Å²) in [5.41, 5.74) is 3.28. The summed E-state index contributed by atoms with van der Waals surface area (Å²) < 4.78 is 47.0.